The molecule has 4 heterocycles. The number of carbonyl (C=O) groups excluding carboxylic acids is 1. The molecule has 1 aliphatic rings. The summed E-state index contributed by atoms with van der Waals surface area (Å²) >= 11 is 5.90. The molecule has 4 aromatic rings. The standard InChI is InChI=1S/C25H24ClFN6O3/c26-18-14-16(1-2-19(18)27)32-22-17-4-6-30-21(23(17)36-24(22)28)15-3-5-29-20(13-15)25(34)31-7-8-33-9-11-35-12-10-33/h1-6,13-14,32H,7-12,28H2,(H,31,34). The number of amides is 1. The SMILES string of the molecule is Nc1oc2c(-c3ccnc(C(=O)NCCN4CCOCC4)c3)nccc2c1Nc1ccc(F)c(Cl)c1. The maximum atomic E-state index is 13.5. The molecule has 1 amide bonds. The van der Waals surface area contributed by atoms with Gasteiger partial charge in [-0.25, -0.2) is 4.39 Å². The number of morpholine rings is 1. The zero-order valence-corrected chi connectivity index (χ0v) is 20.0. The number of nitrogens with zero attached hydrogens (tertiary/aromatic N) is 3. The van der Waals surface area contributed by atoms with Crippen LogP contribution in [-0.2, 0) is 4.74 Å². The predicted molar refractivity (Wildman–Crippen MR) is 136 cm³/mol. The number of hydrogen-bond donors (Lipinski definition) is 3. The molecule has 0 bridgehead atoms. The van der Waals surface area contributed by atoms with E-state index in [0.29, 0.717) is 53.4 Å². The summed E-state index contributed by atoms with van der Waals surface area (Å²) in [5, 5.41) is 6.71. The lowest BCUT2D eigenvalue weighted by Crippen LogP contribution is -2.41. The second-order valence-corrected chi connectivity index (χ2v) is 8.68. The van der Waals surface area contributed by atoms with Crippen molar-refractivity contribution in [1.82, 2.24) is 20.2 Å². The van der Waals surface area contributed by atoms with Crippen molar-refractivity contribution in [2.75, 3.05) is 50.4 Å². The van der Waals surface area contributed by atoms with E-state index in [1.165, 1.54) is 12.1 Å². The Bertz CT molecular complexity index is 1410. The van der Waals surface area contributed by atoms with Crippen molar-refractivity contribution < 1.29 is 18.3 Å². The number of aromatic nitrogens is 2. The second kappa shape index (κ2) is 10.5. The van der Waals surface area contributed by atoms with E-state index < -0.39 is 5.82 Å². The molecule has 186 valence electrons. The zero-order valence-electron chi connectivity index (χ0n) is 19.3. The third-order valence-electron chi connectivity index (χ3n) is 5.90. The number of anilines is 3. The molecule has 9 nitrogen and oxygen atoms in total. The quantitative estimate of drug-likeness (QED) is 0.340. The Hall–Kier alpha value is -3.73. The Kier molecular flexibility index (Phi) is 6.99. The molecule has 4 N–H and O–H groups in total. The number of fused-ring (bicyclic) bond motifs is 1. The van der Waals surface area contributed by atoms with Gasteiger partial charge in [0.15, 0.2) is 5.58 Å². The summed E-state index contributed by atoms with van der Waals surface area (Å²) in [5.74, 6) is -0.654. The molecule has 3 aromatic heterocycles. The van der Waals surface area contributed by atoms with Crippen molar-refractivity contribution in [2.45, 2.75) is 0 Å². The van der Waals surface area contributed by atoms with E-state index in [4.69, 9.17) is 26.5 Å². The number of carbonyl (C=O) groups is 1. The Morgan fingerprint density at radius 2 is 1.94 bits per heavy atom. The highest BCUT2D eigenvalue weighted by Gasteiger charge is 2.19. The van der Waals surface area contributed by atoms with Gasteiger partial charge in [0.05, 0.1) is 23.6 Å². The van der Waals surface area contributed by atoms with Gasteiger partial charge in [-0.05, 0) is 36.4 Å². The van der Waals surface area contributed by atoms with Crippen molar-refractivity contribution in [2.24, 2.45) is 0 Å². The first-order valence-corrected chi connectivity index (χ1v) is 11.8. The Labute approximate surface area is 211 Å². The monoisotopic (exact) mass is 510 g/mol. The van der Waals surface area contributed by atoms with Gasteiger partial charge in [-0.3, -0.25) is 19.7 Å². The molecule has 0 saturated carbocycles. The third kappa shape index (κ3) is 5.11. The van der Waals surface area contributed by atoms with Gasteiger partial charge in [-0.15, -0.1) is 0 Å². The number of pyridine rings is 2. The number of furan rings is 1. The van der Waals surface area contributed by atoms with Crippen LogP contribution in [0.2, 0.25) is 5.02 Å². The van der Waals surface area contributed by atoms with Crippen LogP contribution in [0, 0.1) is 5.82 Å². The van der Waals surface area contributed by atoms with E-state index in [0.717, 1.165) is 19.6 Å². The summed E-state index contributed by atoms with van der Waals surface area (Å²) in [4.78, 5) is 23.6. The summed E-state index contributed by atoms with van der Waals surface area (Å²) in [6, 6.07) is 9.45. The van der Waals surface area contributed by atoms with Crippen molar-refractivity contribution in [1.29, 1.82) is 0 Å². The maximum Gasteiger partial charge on any atom is 0.269 e. The van der Waals surface area contributed by atoms with Crippen LogP contribution in [0.5, 0.6) is 0 Å². The number of rotatable bonds is 7. The predicted octanol–water partition coefficient (Wildman–Crippen LogP) is 4.07. The number of ether oxygens (including phenoxy) is 1. The summed E-state index contributed by atoms with van der Waals surface area (Å²) in [6.07, 6.45) is 3.18. The van der Waals surface area contributed by atoms with Crippen LogP contribution in [0.25, 0.3) is 22.2 Å². The maximum absolute atomic E-state index is 13.5. The highest BCUT2D eigenvalue weighted by Crippen LogP contribution is 2.39. The molecule has 0 spiro atoms. The number of hydrogen-bond acceptors (Lipinski definition) is 8. The van der Waals surface area contributed by atoms with Crippen LogP contribution < -0.4 is 16.4 Å². The average molecular weight is 511 g/mol. The molecule has 0 aliphatic carbocycles. The van der Waals surface area contributed by atoms with E-state index in [2.05, 4.69) is 25.5 Å². The molecule has 1 saturated heterocycles. The van der Waals surface area contributed by atoms with Gasteiger partial charge in [0.25, 0.3) is 5.91 Å². The van der Waals surface area contributed by atoms with Gasteiger partial charge >= 0.3 is 0 Å². The molecule has 0 radical (unpaired) electrons. The smallest absolute Gasteiger partial charge is 0.269 e. The minimum Gasteiger partial charge on any atom is -0.436 e. The van der Waals surface area contributed by atoms with Crippen molar-refractivity contribution in [3.8, 4) is 11.3 Å². The van der Waals surface area contributed by atoms with Crippen molar-refractivity contribution >= 4 is 45.7 Å². The number of nitrogens with one attached hydrogen (secondary N) is 2. The van der Waals surface area contributed by atoms with Crippen LogP contribution in [0.3, 0.4) is 0 Å². The normalized spacial score (nSPS) is 14.2. The van der Waals surface area contributed by atoms with Crippen LogP contribution in [0.1, 0.15) is 10.5 Å². The fraction of sp³-hybridized carbons (Fsp3) is 0.240. The molecule has 1 aromatic carbocycles. The molecular formula is C25H24ClFN6O3. The average Bonchev–Trinajstić information content (AvgIpc) is 3.21. The minimum absolute atomic E-state index is 0.0127. The fourth-order valence-electron chi connectivity index (χ4n) is 4.04. The molecule has 1 aliphatic heterocycles. The van der Waals surface area contributed by atoms with Gasteiger partial charge in [0.1, 0.15) is 22.9 Å². The summed E-state index contributed by atoms with van der Waals surface area (Å²) in [6.45, 7) is 4.39. The first kappa shape index (κ1) is 24.0. The highest BCUT2D eigenvalue weighted by atomic mass is 35.5. The van der Waals surface area contributed by atoms with Gasteiger partial charge in [-0.1, -0.05) is 11.6 Å². The van der Waals surface area contributed by atoms with E-state index in [-0.39, 0.29) is 22.5 Å². The van der Waals surface area contributed by atoms with E-state index in [1.807, 2.05) is 0 Å². The van der Waals surface area contributed by atoms with Gasteiger partial charge in [0.2, 0.25) is 5.88 Å². The van der Waals surface area contributed by atoms with Gasteiger partial charge < -0.3 is 25.5 Å². The van der Waals surface area contributed by atoms with Gasteiger partial charge in [0, 0.05) is 49.8 Å². The lowest BCUT2D eigenvalue weighted by Gasteiger charge is -2.26. The number of benzene rings is 1. The lowest BCUT2D eigenvalue weighted by atomic mass is 10.1. The summed E-state index contributed by atoms with van der Waals surface area (Å²) < 4.78 is 24.7. The lowest BCUT2D eigenvalue weighted by molar-refractivity contribution is 0.0383. The minimum atomic E-state index is -0.516. The third-order valence-corrected chi connectivity index (χ3v) is 6.19. The number of halogens is 2. The van der Waals surface area contributed by atoms with Gasteiger partial charge in [-0.2, -0.15) is 0 Å². The van der Waals surface area contributed by atoms with Crippen molar-refractivity contribution in [3.05, 3.63) is 65.3 Å². The molecule has 36 heavy (non-hydrogen) atoms. The molecular weight excluding hydrogens is 487 g/mol. The fourth-order valence-corrected chi connectivity index (χ4v) is 4.22. The van der Waals surface area contributed by atoms with Crippen LogP contribution >= 0.6 is 11.6 Å². The number of nitrogen functional groups attached to an aromatic ring is 1. The van der Waals surface area contributed by atoms with Crippen molar-refractivity contribution in [3.63, 3.8) is 0 Å². The molecule has 0 atom stereocenters. The summed E-state index contributed by atoms with van der Waals surface area (Å²) in [7, 11) is 0. The van der Waals surface area contributed by atoms with E-state index in [1.54, 1.807) is 36.7 Å². The van der Waals surface area contributed by atoms with Crippen LogP contribution in [0.15, 0.2) is 53.2 Å². The zero-order chi connectivity index (χ0) is 25.1. The Morgan fingerprint density at radius 1 is 1.14 bits per heavy atom. The first-order valence-electron chi connectivity index (χ1n) is 11.4. The first-order chi connectivity index (χ1) is 17.5. The Morgan fingerprint density at radius 3 is 2.75 bits per heavy atom. The van der Waals surface area contributed by atoms with E-state index >= 15 is 0 Å². The molecule has 11 heteroatoms. The molecule has 0 unspecified atom stereocenters. The Balaban J connectivity index is 1.37. The van der Waals surface area contributed by atoms with Crippen LogP contribution in [0.4, 0.5) is 21.6 Å². The highest BCUT2D eigenvalue weighted by molar-refractivity contribution is 6.31. The van der Waals surface area contributed by atoms with E-state index in [9.17, 15) is 9.18 Å². The topological polar surface area (TPSA) is 119 Å². The largest absolute Gasteiger partial charge is 0.436 e. The second-order valence-electron chi connectivity index (χ2n) is 8.27. The molecule has 5 rings (SSSR count). The summed E-state index contributed by atoms with van der Waals surface area (Å²) in [5.41, 5.74) is 9.09. The molecule has 1 fully saturated rings. The number of nitrogens with two attached hydrogens (primary N) is 1. The van der Waals surface area contributed by atoms with Crippen LogP contribution in [-0.4, -0.2) is 60.2 Å².